The fourth-order valence-corrected chi connectivity index (χ4v) is 3.29. The first kappa shape index (κ1) is 14.9. The van der Waals surface area contributed by atoms with Crippen LogP contribution in [0, 0.1) is 11.8 Å². The van der Waals surface area contributed by atoms with E-state index in [9.17, 15) is 9.59 Å². The summed E-state index contributed by atoms with van der Waals surface area (Å²) in [4.78, 5) is 32.3. The van der Waals surface area contributed by atoms with Crippen molar-refractivity contribution in [2.24, 2.45) is 11.8 Å². The highest BCUT2D eigenvalue weighted by Gasteiger charge is 2.52. The van der Waals surface area contributed by atoms with E-state index in [2.05, 4.69) is 27.2 Å². The molecule has 1 saturated carbocycles. The molecule has 1 aliphatic carbocycles. The Hall–Kier alpha value is -2.06. The zero-order valence-corrected chi connectivity index (χ0v) is 13.2. The maximum Gasteiger partial charge on any atom is 0.228 e. The molecule has 1 fully saturated rings. The van der Waals surface area contributed by atoms with Gasteiger partial charge in [-0.1, -0.05) is 12.2 Å². The van der Waals surface area contributed by atoms with Gasteiger partial charge in [0.25, 0.3) is 0 Å². The fraction of sp³-hybridized carbons (Fsp3) is 0.286. The quantitative estimate of drug-likeness (QED) is 0.781. The van der Waals surface area contributed by atoms with Gasteiger partial charge in [-0.05, 0) is 0 Å². The minimum Gasteiger partial charge on any atom is -0.349 e. The monoisotopic (exact) mass is 334 g/mol. The van der Waals surface area contributed by atoms with Gasteiger partial charge in [0.05, 0.1) is 24.9 Å². The Morgan fingerprint density at radius 2 is 1.45 bits per heavy atom. The van der Waals surface area contributed by atoms with Gasteiger partial charge in [0.15, 0.2) is 0 Å². The molecule has 2 aromatic heterocycles. The van der Waals surface area contributed by atoms with Crippen molar-refractivity contribution in [1.29, 1.82) is 0 Å². The molecule has 3 rings (SSSR count). The first-order valence-electron chi connectivity index (χ1n) is 6.67. The minimum absolute atomic E-state index is 0.172. The summed E-state index contributed by atoms with van der Waals surface area (Å²) in [5.41, 5.74) is 0.660. The molecule has 22 heavy (non-hydrogen) atoms. The number of amides is 2. The number of carbonyl (C=O) groups is 2. The Labute approximate surface area is 135 Å². The lowest BCUT2D eigenvalue weighted by Gasteiger charge is -2.03. The van der Waals surface area contributed by atoms with E-state index in [0.717, 1.165) is 10.0 Å². The predicted octanol–water partition coefficient (Wildman–Crippen LogP) is 1.33. The van der Waals surface area contributed by atoms with Crippen molar-refractivity contribution in [3.05, 3.63) is 45.3 Å². The molecule has 0 aliphatic heterocycles. The van der Waals surface area contributed by atoms with Gasteiger partial charge in [-0.25, -0.2) is 9.97 Å². The van der Waals surface area contributed by atoms with Crippen molar-refractivity contribution >= 4 is 34.5 Å². The standard InChI is InChI=1S/C14H14N4O2S2/c1-8-11(13(19)17-6-9-15-2-4-21-9)12(8)14(20)18-7-10-16-3-5-22-10/h2-5,11-12H,1,6-7H2,(H,17,19)(H,18,20). The average molecular weight is 334 g/mol. The maximum atomic E-state index is 12.1. The van der Waals surface area contributed by atoms with Crippen molar-refractivity contribution in [3.8, 4) is 0 Å². The number of hydrogen-bond acceptors (Lipinski definition) is 6. The summed E-state index contributed by atoms with van der Waals surface area (Å²) >= 11 is 2.96. The average Bonchev–Trinajstić information content (AvgIpc) is 2.98. The molecule has 2 unspecified atom stereocenters. The highest BCUT2D eigenvalue weighted by Crippen LogP contribution is 2.44. The molecule has 0 aromatic carbocycles. The second-order valence-corrected chi connectivity index (χ2v) is 6.78. The van der Waals surface area contributed by atoms with Crippen LogP contribution >= 0.6 is 22.7 Å². The van der Waals surface area contributed by atoms with E-state index < -0.39 is 11.8 Å². The van der Waals surface area contributed by atoms with Crippen LogP contribution in [0.3, 0.4) is 0 Å². The van der Waals surface area contributed by atoms with Gasteiger partial charge >= 0.3 is 0 Å². The molecule has 2 N–H and O–H groups in total. The largest absolute Gasteiger partial charge is 0.349 e. The molecule has 2 amide bonds. The molecule has 0 spiro atoms. The van der Waals surface area contributed by atoms with E-state index in [1.54, 1.807) is 12.4 Å². The Bertz CT molecular complexity index is 624. The summed E-state index contributed by atoms with van der Waals surface area (Å²) in [6.07, 6.45) is 3.38. The van der Waals surface area contributed by atoms with Crippen LogP contribution in [-0.4, -0.2) is 21.8 Å². The van der Waals surface area contributed by atoms with E-state index in [1.807, 2.05) is 10.8 Å². The molecular weight excluding hydrogens is 320 g/mol. The number of nitrogens with zero attached hydrogens (tertiary/aromatic N) is 2. The number of nitrogens with one attached hydrogen (secondary N) is 2. The Morgan fingerprint density at radius 3 is 1.82 bits per heavy atom. The van der Waals surface area contributed by atoms with Crippen molar-refractivity contribution in [3.63, 3.8) is 0 Å². The number of rotatable bonds is 6. The molecule has 1 aliphatic rings. The predicted molar refractivity (Wildman–Crippen MR) is 84.0 cm³/mol. The molecule has 2 heterocycles. The first-order chi connectivity index (χ1) is 10.7. The molecule has 0 bridgehead atoms. The third-order valence-corrected chi connectivity index (χ3v) is 4.94. The highest BCUT2D eigenvalue weighted by molar-refractivity contribution is 7.09. The molecule has 8 heteroatoms. The third kappa shape index (κ3) is 3.23. The van der Waals surface area contributed by atoms with E-state index >= 15 is 0 Å². The molecule has 0 radical (unpaired) electrons. The fourth-order valence-electron chi connectivity index (χ4n) is 2.18. The number of aromatic nitrogens is 2. The van der Waals surface area contributed by atoms with Crippen LogP contribution in [0.1, 0.15) is 10.0 Å². The van der Waals surface area contributed by atoms with Crippen LogP contribution in [-0.2, 0) is 22.7 Å². The lowest BCUT2D eigenvalue weighted by atomic mass is 10.3. The van der Waals surface area contributed by atoms with Crippen molar-refractivity contribution in [2.75, 3.05) is 0 Å². The van der Waals surface area contributed by atoms with E-state index in [-0.39, 0.29) is 11.8 Å². The van der Waals surface area contributed by atoms with Gasteiger partial charge in [0.1, 0.15) is 10.0 Å². The Kier molecular flexibility index (Phi) is 4.30. The summed E-state index contributed by atoms with van der Waals surface area (Å²) in [6, 6.07) is 0. The maximum absolute atomic E-state index is 12.1. The van der Waals surface area contributed by atoms with Gasteiger partial charge in [0.2, 0.25) is 11.8 Å². The van der Waals surface area contributed by atoms with Gasteiger partial charge in [-0.3, -0.25) is 9.59 Å². The van der Waals surface area contributed by atoms with E-state index in [1.165, 1.54) is 22.7 Å². The SMILES string of the molecule is C=C1C(C(=O)NCc2nccs2)C1C(=O)NCc1nccs1. The third-order valence-electron chi connectivity index (χ3n) is 3.38. The van der Waals surface area contributed by atoms with Crippen molar-refractivity contribution < 1.29 is 9.59 Å². The second kappa shape index (κ2) is 6.37. The number of hydrogen-bond donors (Lipinski definition) is 2. The van der Waals surface area contributed by atoms with Crippen LogP contribution < -0.4 is 10.6 Å². The number of thiazole rings is 2. The summed E-state index contributed by atoms with van der Waals surface area (Å²) in [6.45, 7) is 4.58. The normalized spacial score (nSPS) is 19.7. The van der Waals surface area contributed by atoms with Gasteiger partial charge in [0, 0.05) is 23.2 Å². The van der Waals surface area contributed by atoms with Crippen LogP contribution in [0.2, 0.25) is 0 Å². The summed E-state index contributed by atoms with van der Waals surface area (Å²) in [5.74, 6) is -1.21. The Morgan fingerprint density at radius 1 is 1.00 bits per heavy atom. The van der Waals surface area contributed by atoms with Crippen molar-refractivity contribution in [1.82, 2.24) is 20.6 Å². The highest BCUT2D eigenvalue weighted by atomic mass is 32.1. The lowest BCUT2D eigenvalue weighted by Crippen LogP contribution is -2.29. The second-order valence-electron chi connectivity index (χ2n) is 4.82. The summed E-state index contributed by atoms with van der Waals surface area (Å²) in [7, 11) is 0. The van der Waals surface area contributed by atoms with Crippen LogP contribution in [0.25, 0.3) is 0 Å². The molecule has 6 nitrogen and oxygen atoms in total. The molecule has 114 valence electrons. The van der Waals surface area contributed by atoms with E-state index in [4.69, 9.17) is 0 Å². The molecule has 2 atom stereocenters. The van der Waals surface area contributed by atoms with E-state index in [0.29, 0.717) is 18.7 Å². The van der Waals surface area contributed by atoms with Gasteiger partial charge in [-0.15, -0.1) is 22.7 Å². The van der Waals surface area contributed by atoms with Crippen LogP contribution in [0.4, 0.5) is 0 Å². The molecule has 0 saturated heterocycles. The molecule has 2 aromatic rings. The lowest BCUT2D eigenvalue weighted by molar-refractivity contribution is -0.127. The zero-order chi connectivity index (χ0) is 15.5. The Balaban J connectivity index is 1.47. The van der Waals surface area contributed by atoms with Gasteiger partial charge < -0.3 is 10.6 Å². The summed E-state index contributed by atoms with van der Waals surface area (Å²) < 4.78 is 0. The topological polar surface area (TPSA) is 84.0 Å². The zero-order valence-electron chi connectivity index (χ0n) is 11.6. The smallest absolute Gasteiger partial charge is 0.228 e. The minimum atomic E-state index is -0.434. The summed E-state index contributed by atoms with van der Waals surface area (Å²) in [5, 5.41) is 11.0. The van der Waals surface area contributed by atoms with Gasteiger partial charge in [-0.2, -0.15) is 0 Å². The van der Waals surface area contributed by atoms with Crippen LogP contribution in [0.15, 0.2) is 35.3 Å². The number of carbonyl (C=O) groups excluding carboxylic acids is 2. The van der Waals surface area contributed by atoms with Crippen LogP contribution in [0.5, 0.6) is 0 Å². The van der Waals surface area contributed by atoms with Crippen molar-refractivity contribution in [2.45, 2.75) is 13.1 Å². The first-order valence-corrected chi connectivity index (χ1v) is 8.43. The molecular formula is C14H14N4O2S2.